The van der Waals surface area contributed by atoms with E-state index in [4.69, 9.17) is 9.47 Å². The van der Waals surface area contributed by atoms with E-state index in [2.05, 4.69) is 9.71 Å². The third-order valence-corrected chi connectivity index (χ3v) is 5.74. The summed E-state index contributed by atoms with van der Waals surface area (Å²) < 4.78 is 39.0. The highest BCUT2D eigenvalue weighted by molar-refractivity contribution is 7.92. The van der Waals surface area contributed by atoms with Crippen molar-refractivity contribution in [1.29, 1.82) is 0 Å². The van der Waals surface area contributed by atoms with Crippen molar-refractivity contribution in [3.05, 3.63) is 41.4 Å². The highest BCUT2D eigenvalue weighted by atomic mass is 32.2. The number of hydrogen-bond donors (Lipinski definition) is 1. The number of nitrogens with zero attached hydrogens (tertiary/aromatic N) is 1. The molecule has 2 aromatic carbocycles. The molecule has 0 spiro atoms. The topological polar surface area (TPSA) is 77.5 Å². The van der Waals surface area contributed by atoms with E-state index in [1.165, 1.54) is 26.4 Å². The van der Waals surface area contributed by atoms with Crippen molar-refractivity contribution in [3.8, 4) is 11.5 Å². The minimum absolute atomic E-state index is 0.0923. The summed E-state index contributed by atoms with van der Waals surface area (Å²) in [6.45, 7) is 1.91. The number of ether oxygens (including phenoxy) is 2. The molecule has 0 bridgehead atoms. The van der Waals surface area contributed by atoms with Crippen LogP contribution in [0.25, 0.3) is 10.2 Å². The standard InChI is InChI=1S/C16H16N2O4S2/c1-10-17-13-8-11(4-7-16(13)23-10)18-24(19,20)12-5-6-14(21-2)15(9-12)22-3/h4-9,18H,1-3H3. The van der Waals surface area contributed by atoms with Gasteiger partial charge in [0.25, 0.3) is 10.0 Å². The van der Waals surface area contributed by atoms with Crippen LogP contribution < -0.4 is 14.2 Å². The summed E-state index contributed by atoms with van der Waals surface area (Å²) in [5, 5.41) is 0.935. The maximum absolute atomic E-state index is 12.6. The molecule has 24 heavy (non-hydrogen) atoms. The molecule has 0 aliphatic carbocycles. The summed E-state index contributed by atoms with van der Waals surface area (Å²) >= 11 is 1.57. The van der Waals surface area contributed by atoms with E-state index in [0.29, 0.717) is 17.2 Å². The molecule has 1 aromatic heterocycles. The lowest BCUT2D eigenvalue weighted by atomic mass is 10.3. The molecule has 1 N–H and O–H groups in total. The molecule has 3 aromatic rings. The van der Waals surface area contributed by atoms with Crippen molar-refractivity contribution < 1.29 is 17.9 Å². The predicted molar refractivity (Wildman–Crippen MR) is 94.7 cm³/mol. The molecular formula is C16H16N2O4S2. The second-order valence-corrected chi connectivity index (χ2v) is 7.95. The zero-order valence-corrected chi connectivity index (χ0v) is 15.0. The van der Waals surface area contributed by atoms with Gasteiger partial charge in [-0.05, 0) is 37.3 Å². The lowest BCUT2D eigenvalue weighted by molar-refractivity contribution is 0.354. The van der Waals surface area contributed by atoms with E-state index in [1.807, 2.05) is 13.0 Å². The Morgan fingerprint density at radius 1 is 1.04 bits per heavy atom. The van der Waals surface area contributed by atoms with Gasteiger partial charge in [-0.15, -0.1) is 11.3 Å². The van der Waals surface area contributed by atoms with Crippen LogP contribution in [-0.4, -0.2) is 27.6 Å². The number of sulfonamides is 1. The molecule has 3 rings (SSSR count). The van der Waals surface area contributed by atoms with Gasteiger partial charge in [0.1, 0.15) is 0 Å². The van der Waals surface area contributed by atoms with Crippen LogP contribution in [0.3, 0.4) is 0 Å². The third-order valence-electron chi connectivity index (χ3n) is 3.41. The third kappa shape index (κ3) is 3.15. The fourth-order valence-corrected chi connectivity index (χ4v) is 4.18. The van der Waals surface area contributed by atoms with Crippen molar-refractivity contribution in [2.75, 3.05) is 18.9 Å². The van der Waals surface area contributed by atoms with Gasteiger partial charge in [-0.1, -0.05) is 0 Å². The number of anilines is 1. The number of hydrogen-bond acceptors (Lipinski definition) is 6. The Balaban J connectivity index is 1.94. The van der Waals surface area contributed by atoms with Crippen molar-refractivity contribution in [3.63, 3.8) is 0 Å². The van der Waals surface area contributed by atoms with E-state index in [0.717, 1.165) is 15.2 Å². The number of methoxy groups -OCH3 is 2. The van der Waals surface area contributed by atoms with Crippen LogP contribution in [0.1, 0.15) is 5.01 Å². The Labute approximate surface area is 144 Å². The average Bonchev–Trinajstić information content (AvgIpc) is 2.93. The van der Waals surface area contributed by atoms with E-state index in [1.54, 1.807) is 29.5 Å². The molecule has 0 aliphatic heterocycles. The summed E-state index contributed by atoms with van der Waals surface area (Å²) in [6, 6.07) is 9.74. The smallest absolute Gasteiger partial charge is 0.262 e. The first-order valence-electron chi connectivity index (χ1n) is 7.05. The van der Waals surface area contributed by atoms with E-state index < -0.39 is 10.0 Å². The average molecular weight is 364 g/mol. The first kappa shape index (κ1) is 16.5. The number of benzene rings is 2. The van der Waals surface area contributed by atoms with Crippen molar-refractivity contribution in [2.45, 2.75) is 11.8 Å². The zero-order chi connectivity index (χ0) is 17.3. The second kappa shape index (κ2) is 6.29. The van der Waals surface area contributed by atoms with Gasteiger partial charge in [0.2, 0.25) is 0 Å². The van der Waals surface area contributed by atoms with Crippen LogP contribution in [-0.2, 0) is 10.0 Å². The molecule has 8 heteroatoms. The van der Waals surface area contributed by atoms with Crippen molar-refractivity contribution in [1.82, 2.24) is 4.98 Å². The maximum atomic E-state index is 12.6. The Morgan fingerprint density at radius 3 is 2.50 bits per heavy atom. The molecule has 0 aliphatic rings. The quantitative estimate of drug-likeness (QED) is 0.750. The molecule has 0 amide bonds. The van der Waals surface area contributed by atoms with Gasteiger partial charge in [-0.2, -0.15) is 0 Å². The number of aryl methyl sites for hydroxylation is 1. The van der Waals surface area contributed by atoms with E-state index >= 15 is 0 Å². The minimum Gasteiger partial charge on any atom is -0.493 e. The number of fused-ring (bicyclic) bond motifs is 1. The molecule has 0 unspecified atom stereocenters. The van der Waals surface area contributed by atoms with Crippen LogP contribution in [0.5, 0.6) is 11.5 Å². The molecule has 0 saturated carbocycles. The summed E-state index contributed by atoms with van der Waals surface area (Å²) in [5.41, 5.74) is 1.23. The lowest BCUT2D eigenvalue weighted by Crippen LogP contribution is -2.13. The Morgan fingerprint density at radius 2 is 1.79 bits per heavy atom. The largest absolute Gasteiger partial charge is 0.493 e. The van der Waals surface area contributed by atoms with Crippen LogP contribution in [0.15, 0.2) is 41.3 Å². The van der Waals surface area contributed by atoms with Crippen LogP contribution in [0, 0.1) is 6.92 Å². The molecule has 1 heterocycles. The lowest BCUT2D eigenvalue weighted by Gasteiger charge is -2.11. The highest BCUT2D eigenvalue weighted by Gasteiger charge is 2.17. The summed E-state index contributed by atoms with van der Waals surface area (Å²) in [4.78, 5) is 4.47. The number of thiazole rings is 1. The van der Waals surface area contributed by atoms with Crippen molar-refractivity contribution >= 4 is 37.3 Å². The Bertz CT molecular complexity index is 996. The minimum atomic E-state index is -3.74. The van der Waals surface area contributed by atoms with Crippen LogP contribution in [0.2, 0.25) is 0 Å². The second-order valence-electron chi connectivity index (χ2n) is 5.04. The summed E-state index contributed by atoms with van der Waals surface area (Å²) in [6.07, 6.45) is 0. The predicted octanol–water partition coefficient (Wildman–Crippen LogP) is 3.42. The molecule has 0 fully saturated rings. The molecular weight excluding hydrogens is 348 g/mol. The number of aromatic nitrogens is 1. The summed E-state index contributed by atoms with van der Waals surface area (Å²) in [5.74, 6) is 0.821. The monoisotopic (exact) mass is 364 g/mol. The molecule has 6 nitrogen and oxygen atoms in total. The maximum Gasteiger partial charge on any atom is 0.262 e. The SMILES string of the molecule is COc1ccc(S(=O)(=O)Nc2ccc3sc(C)nc3c2)cc1OC. The van der Waals surface area contributed by atoms with Gasteiger partial charge in [0, 0.05) is 6.07 Å². The van der Waals surface area contributed by atoms with Gasteiger partial charge in [0.05, 0.1) is 40.0 Å². The van der Waals surface area contributed by atoms with Gasteiger partial charge in [0.15, 0.2) is 11.5 Å². The Hall–Kier alpha value is -2.32. The van der Waals surface area contributed by atoms with Crippen molar-refractivity contribution in [2.24, 2.45) is 0 Å². The number of rotatable bonds is 5. The summed E-state index contributed by atoms with van der Waals surface area (Å²) in [7, 11) is -0.789. The zero-order valence-electron chi connectivity index (χ0n) is 13.4. The highest BCUT2D eigenvalue weighted by Crippen LogP contribution is 2.31. The van der Waals surface area contributed by atoms with E-state index in [9.17, 15) is 8.42 Å². The van der Waals surface area contributed by atoms with Gasteiger partial charge in [-0.3, -0.25) is 4.72 Å². The molecule has 0 atom stereocenters. The van der Waals surface area contributed by atoms with Gasteiger partial charge >= 0.3 is 0 Å². The first-order chi connectivity index (χ1) is 11.4. The van der Waals surface area contributed by atoms with E-state index in [-0.39, 0.29) is 4.90 Å². The van der Waals surface area contributed by atoms with Crippen LogP contribution in [0.4, 0.5) is 5.69 Å². The van der Waals surface area contributed by atoms with Gasteiger partial charge < -0.3 is 9.47 Å². The first-order valence-corrected chi connectivity index (χ1v) is 9.35. The molecule has 0 radical (unpaired) electrons. The molecule has 126 valence electrons. The normalized spacial score (nSPS) is 11.5. The van der Waals surface area contributed by atoms with Gasteiger partial charge in [-0.25, -0.2) is 13.4 Å². The Kier molecular flexibility index (Phi) is 4.33. The molecule has 0 saturated heterocycles. The van der Waals surface area contributed by atoms with Crippen LogP contribution >= 0.6 is 11.3 Å². The fourth-order valence-electron chi connectivity index (χ4n) is 2.30. The fraction of sp³-hybridized carbons (Fsp3) is 0.188. The number of nitrogens with one attached hydrogen (secondary N) is 1.